The summed E-state index contributed by atoms with van der Waals surface area (Å²) >= 11 is 7.46. The van der Waals surface area contributed by atoms with Crippen molar-refractivity contribution in [1.29, 1.82) is 0 Å². The average molecular weight is 431 g/mol. The van der Waals surface area contributed by atoms with Crippen LogP contribution in [0.4, 0.5) is 4.39 Å². The summed E-state index contributed by atoms with van der Waals surface area (Å²) in [6, 6.07) is 12.0. The lowest BCUT2D eigenvalue weighted by Gasteiger charge is -2.15. The molecule has 2 heterocycles. The SMILES string of the molecule is Cn1cnc(-c2ccc([C@@H]3C[C@@H]3N(C=O)CCF)cc2)c1Sc1ccc(Cl)cn1. The number of imidazole rings is 1. The van der Waals surface area contributed by atoms with Gasteiger partial charge in [-0.2, -0.15) is 0 Å². The number of pyridine rings is 1. The Hall–Kier alpha value is -2.38. The zero-order chi connectivity index (χ0) is 20.4. The van der Waals surface area contributed by atoms with Crippen LogP contribution in [-0.2, 0) is 11.8 Å². The van der Waals surface area contributed by atoms with Crippen molar-refractivity contribution in [2.45, 2.75) is 28.4 Å². The minimum atomic E-state index is -0.510. The van der Waals surface area contributed by atoms with Gasteiger partial charge in [-0.05, 0) is 35.9 Å². The molecule has 0 radical (unpaired) electrons. The van der Waals surface area contributed by atoms with Crippen molar-refractivity contribution in [3.8, 4) is 11.3 Å². The highest BCUT2D eigenvalue weighted by Gasteiger charge is 2.42. The van der Waals surface area contributed by atoms with Crippen LogP contribution >= 0.6 is 23.4 Å². The Morgan fingerprint density at radius 3 is 2.72 bits per heavy atom. The van der Waals surface area contributed by atoms with Crippen LogP contribution in [0.1, 0.15) is 17.9 Å². The molecule has 3 aromatic rings. The molecule has 2 aromatic heterocycles. The number of aromatic nitrogens is 3. The highest BCUT2D eigenvalue weighted by atomic mass is 35.5. The Labute approximate surface area is 177 Å². The van der Waals surface area contributed by atoms with Gasteiger partial charge in [0.2, 0.25) is 6.41 Å². The summed E-state index contributed by atoms with van der Waals surface area (Å²) in [5, 5.41) is 2.44. The van der Waals surface area contributed by atoms with E-state index in [1.54, 1.807) is 17.4 Å². The lowest BCUT2D eigenvalue weighted by molar-refractivity contribution is -0.118. The van der Waals surface area contributed by atoms with Gasteiger partial charge in [0.1, 0.15) is 22.4 Å². The molecule has 2 atom stereocenters. The van der Waals surface area contributed by atoms with E-state index < -0.39 is 6.67 Å². The fraction of sp³-hybridized carbons (Fsp3) is 0.286. The molecule has 1 fully saturated rings. The molecule has 1 aliphatic rings. The third-order valence-electron chi connectivity index (χ3n) is 5.06. The second-order valence-corrected chi connectivity index (χ2v) is 8.44. The Morgan fingerprint density at radius 2 is 2.07 bits per heavy atom. The lowest BCUT2D eigenvalue weighted by Crippen LogP contribution is -2.27. The van der Waals surface area contributed by atoms with Gasteiger partial charge in [-0.25, -0.2) is 14.4 Å². The minimum absolute atomic E-state index is 0.103. The fourth-order valence-corrected chi connectivity index (χ4v) is 4.46. The van der Waals surface area contributed by atoms with Gasteiger partial charge < -0.3 is 9.47 Å². The first-order valence-electron chi connectivity index (χ1n) is 9.28. The van der Waals surface area contributed by atoms with E-state index >= 15 is 0 Å². The van der Waals surface area contributed by atoms with Crippen molar-refractivity contribution in [3.63, 3.8) is 0 Å². The lowest BCUT2D eigenvalue weighted by atomic mass is 10.1. The highest BCUT2D eigenvalue weighted by Crippen LogP contribution is 2.45. The molecule has 4 rings (SSSR count). The second kappa shape index (κ2) is 8.55. The standard InChI is InChI=1S/C21H20ClFN4OS/c1-26-12-25-20(21(26)29-19-7-6-16(22)11-24-19)15-4-2-14(3-5-15)17-10-18(17)27(13-28)9-8-23/h2-7,11-13,17-18H,8-10H2,1H3/t17-,18-/m0/s1. The smallest absolute Gasteiger partial charge is 0.210 e. The van der Waals surface area contributed by atoms with Crippen LogP contribution in [0.15, 0.2) is 59.0 Å². The van der Waals surface area contributed by atoms with Crippen LogP contribution in [0.25, 0.3) is 11.3 Å². The van der Waals surface area contributed by atoms with Crippen LogP contribution in [0.2, 0.25) is 5.02 Å². The zero-order valence-electron chi connectivity index (χ0n) is 15.8. The number of halogens is 2. The van der Waals surface area contributed by atoms with Gasteiger partial charge >= 0.3 is 0 Å². The highest BCUT2D eigenvalue weighted by molar-refractivity contribution is 7.99. The van der Waals surface area contributed by atoms with Crippen LogP contribution in [0, 0.1) is 0 Å². The Kier molecular flexibility index (Phi) is 5.87. The first-order chi connectivity index (χ1) is 14.1. The number of hydrogen-bond donors (Lipinski definition) is 0. The second-order valence-electron chi connectivity index (χ2n) is 6.99. The molecule has 1 aromatic carbocycles. The van der Waals surface area contributed by atoms with Crippen molar-refractivity contribution >= 4 is 29.8 Å². The number of amides is 1. The molecular formula is C21H20ClFN4OS. The van der Waals surface area contributed by atoms with Crippen LogP contribution in [-0.4, -0.2) is 45.1 Å². The van der Waals surface area contributed by atoms with Gasteiger partial charge in [0.25, 0.3) is 0 Å². The summed E-state index contributed by atoms with van der Waals surface area (Å²) < 4.78 is 14.6. The predicted octanol–water partition coefficient (Wildman–Crippen LogP) is 4.57. The fourth-order valence-electron chi connectivity index (χ4n) is 3.45. The van der Waals surface area contributed by atoms with Crippen LogP contribution < -0.4 is 0 Å². The number of nitrogens with zero attached hydrogens (tertiary/aromatic N) is 4. The van der Waals surface area contributed by atoms with Gasteiger partial charge in [0.15, 0.2) is 0 Å². The molecule has 1 aliphatic carbocycles. The summed E-state index contributed by atoms with van der Waals surface area (Å²) in [5.41, 5.74) is 3.06. The van der Waals surface area contributed by atoms with Crippen molar-refractivity contribution in [1.82, 2.24) is 19.4 Å². The number of carbonyl (C=O) groups is 1. The Morgan fingerprint density at radius 1 is 1.28 bits per heavy atom. The quantitative estimate of drug-likeness (QED) is 0.491. The van der Waals surface area contributed by atoms with Gasteiger partial charge in [-0.1, -0.05) is 35.9 Å². The summed E-state index contributed by atoms with van der Waals surface area (Å²) in [5.74, 6) is 0.275. The third kappa shape index (κ3) is 4.31. The molecule has 0 unspecified atom stereocenters. The first-order valence-corrected chi connectivity index (χ1v) is 10.5. The molecule has 0 spiro atoms. The number of carbonyl (C=O) groups excluding carboxylic acids is 1. The molecule has 0 saturated heterocycles. The number of hydrogen-bond acceptors (Lipinski definition) is 4. The molecule has 0 N–H and O–H groups in total. The normalized spacial score (nSPS) is 17.9. The van der Waals surface area contributed by atoms with E-state index in [1.807, 2.05) is 35.9 Å². The van der Waals surface area contributed by atoms with Crippen LogP contribution in [0.5, 0.6) is 0 Å². The van der Waals surface area contributed by atoms with E-state index in [-0.39, 0.29) is 18.5 Å². The topological polar surface area (TPSA) is 51.0 Å². The predicted molar refractivity (Wildman–Crippen MR) is 112 cm³/mol. The van der Waals surface area contributed by atoms with Crippen molar-refractivity contribution in [2.75, 3.05) is 13.2 Å². The Bertz CT molecular complexity index is 993. The number of benzene rings is 1. The van der Waals surface area contributed by atoms with Crippen molar-refractivity contribution in [3.05, 3.63) is 59.5 Å². The van der Waals surface area contributed by atoms with E-state index in [0.29, 0.717) is 5.02 Å². The maximum atomic E-state index is 12.6. The molecule has 1 saturated carbocycles. The van der Waals surface area contributed by atoms with E-state index in [0.717, 1.165) is 39.7 Å². The van der Waals surface area contributed by atoms with E-state index in [1.165, 1.54) is 11.8 Å². The monoisotopic (exact) mass is 430 g/mol. The van der Waals surface area contributed by atoms with Gasteiger partial charge in [0.05, 0.1) is 11.3 Å². The summed E-state index contributed by atoms with van der Waals surface area (Å²) in [6.07, 6.45) is 5.05. The minimum Gasteiger partial charge on any atom is -0.339 e. The molecule has 150 valence electrons. The molecule has 0 aliphatic heterocycles. The number of aryl methyl sites for hydroxylation is 1. The number of alkyl halides is 1. The van der Waals surface area contributed by atoms with E-state index in [9.17, 15) is 9.18 Å². The molecular weight excluding hydrogens is 411 g/mol. The summed E-state index contributed by atoms with van der Waals surface area (Å²) in [4.78, 5) is 21.6. The largest absolute Gasteiger partial charge is 0.339 e. The number of rotatable bonds is 8. The maximum Gasteiger partial charge on any atom is 0.210 e. The summed E-state index contributed by atoms with van der Waals surface area (Å²) in [7, 11) is 1.96. The van der Waals surface area contributed by atoms with Gasteiger partial charge in [-0.15, -0.1) is 0 Å². The average Bonchev–Trinajstić information content (AvgIpc) is 3.45. The van der Waals surface area contributed by atoms with E-state index in [4.69, 9.17) is 11.6 Å². The maximum absolute atomic E-state index is 12.6. The molecule has 0 bridgehead atoms. The zero-order valence-corrected chi connectivity index (χ0v) is 17.4. The molecule has 5 nitrogen and oxygen atoms in total. The Balaban J connectivity index is 1.52. The van der Waals surface area contributed by atoms with Crippen LogP contribution in [0.3, 0.4) is 0 Å². The third-order valence-corrected chi connectivity index (χ3v) is 6.41. The van der Waals surface area contributed by atoms with Gasteiger partial charge in [-0.3, -0.25) is 4.79 Å². The molecule has 1 amide bonds. The van der Waals surface area contributed by atoms with E-state index in [2.05, 4.69) is 22.1 Å². The van der Waals surface area contributed by atoms with Gasteiger partial charge in [0, 0.05) is 37.3 Å². The first kappa shape index (κ1) is 19.9. The van der Waals surface area contributed by atoms with Crippen molar-refractivity contribution < 1.29 is 9.18 Å². The molecule has 29 heavy (non-hydrogen) atoms. The van der Waals surface area contributed by atoms with Crippen molar-refractivity contribution in [2.24, 2.45) is 7.05 Å². The molecule has 8 heteroatoms. The summed E-state index contributed by atoms with van der Waals surface area (Å²) in [6.45, 7) is -0.348.